The summed E-state index contributed by atoms with van der Waals surface area (Å²) in [5.41, 5.74) is 5.09. The second-order valence-corrected chi connectivity index (χ2v) is 7.02. The predicted molar refractivity (Wildman–Crippen MR) is 106 cm³/mol. The Morgan fingerprint density at radius 2 is 2.00 bits per heavy atom. The maximum Gasteiger partial charge on any atom is 0.208 e. The Hall–Kier alpha value is -3.55. The second-order valence-electron chi connectivity index (χ2n) is 7.02. The quantitative estimate of drug-likeness (QED) is 0.575. The summed E-state index contributed by atoms with van der Waals surface area (Å²) in [5.74, 6) is 1.83. The Morgan fingerprint density at radius 3 is 2.86 bits per heavy atom. The van der Waals surface area contributed by atoms with E-state index in [1.165, 1.54) is 6.07 Å². The Balaban J connectivity index is 1.50. The van der Waals surface area contributed by atoms with Crippen LogP contribution in [-0.4, -0.2) is 30.9 Å². The average molecular weight is 390 g/mol. The van der Waals surface area contributed by atoms with Gasteiger partial charge in [0, 0.05) is 53.3 Å². The molecule has 8 heteroatoms. The molecule has 0 spiro atoms. The maximum absolute atomic E-state index is 14.4. The molecule has 146 valence electrons. The van der Waals surface area contributed by atoms with Gasteiger partial charge in [-0.05, 0) is 26.0 Å². The van der Waals surface area contributed by atoms with Crippen LogP contribution in [-0.2, 0) is 13.0 Å². The van der Waals surface area contributed by atoms with Crippen LogP contribution in [0.15, 0.2) is 37.1 Å². The highest BCUT2D eigenvalue weighted by Gasteiger charge is 2.20. The summed E-state index contributed by atoms with van der Waals surface area (Å²) in [6.45, 7) is 4.71. The molecule has 1 aliphatic rings. The smallest absolute Gasteiger partial charge is 0.208 e. The van der Waals surface area contributed by atoms with Gasteiger partial charge in [0.05, 0.1) is 18.3 Å². The average Bonchev–Trinajstić information content (AvgIpc) is 3.37. The lowest BCUT2D eigenvalue weighted by molar-refractivity contribution is 0.356. The van der Waals surface area contributed by atoms with E-state index in [0.717, 1.165) is 39.5 Å². The van der Waals surface area contributed by atoms with E-state index in [4.69, 9.17) is 4.74 Å². The standard InChI is InChI=1S/C21H19FN6O/c1-12-15(7-24-13(2)27-12)17-9-26-21(28-11-23-10-19(17)28)25-8-16-14-5-6-29-20(14)4-3-18(16)22/h3-4,7,9-11H,5-6,8H2,1-2H3,(H,25,26). The van der Waals surface area contributed by atoms with Gasteiger partial charge in [0.1, 0.15) is 23.7 Å². The minimum atomic E-state index is -0.243. The molecule has 1 N–H and O–H groups in total. The summed E-state index contributed by atoms with van der Waals surface area (Å²) in [7, 11) is 0. The largest absolute Gasteiger partial charge is 0.493 e. The fraction of sp³-hybridized carbons (Fsp3) is 0.238. The molecule has 1 aliphatic heterocycles. The Labute approximate surface area is 166 Å². The third-order valence-electron chi connectivity index (χ3n) is 5.21. The summed E-state index contributed by atoms with van der Waals surface area (Å²) in [6.07, 6.45) is 7.75. The molecule has 0 saturated heterocycles. The van der Waals surface area contributed by atoms with E-state index in [1.807, 2.05) is 18.2 Å². The van der Waals surface area contributed by atoms with E-state index in [2.05, 4.69) is 25.3 Å². The van der Waals surface area contributed by atoms with Crippen LogP contribution in [0.25, 0.3) is 16.6 Å². The van der Waals surface area contributed by atoms with E-state index >= 15 is 0 Å². The van der Waals surface area contributed by atoms with Crippen molar-refractivity contribution < 1.29 is 9.13 Å². The molecule has 0 unspecified atom stereocenters. The summed E-state index contributed by atoms with van der Waals surface area (Å²) in [5, 5.41) is 3.25. The van der Waals surface area contributed by atoms with Crippen LogP contribution < -0.4 is 10.1 Å². The Kier molecular flexibility index (Phi) is 4.12. The first-order valence-corrected chi connectivity index (χ1v) is 9.40. The van der Waals surface area contributed by atoms with Crippen molar-refractivity contribution in [2.45, 2.75) is 26.8 Å². The minimum absolute atomic E-state index is 0.243. The zero-order chi connectivity index (χ0) is 20.0. The van der Waals surface area contributed by atoms with E-state index in [-0.39, 0.29) is 5.82 Å². The van der Waals surface area contributed by atoms with Crippen LogP contribution in [0.3, 0.4) is 0 Å². The topological polar surface area (TPSA) is 77.2 Å². The van der Waals surface area contributed by atoms with Crippen LogP contribution in [0, 0.1) is 19.7 Å². The number of fused-ring (bicyclic) bond motifs is 2. The highest BCUT2D eigenvalue weighted by atomic mass is 19.1. The van der Waals surface area contributed by atoms with Crippen molar-refractivity contribution in [3.63, 3.8) is 0 Å². The van der Waals surface area contributed by atoms with Crippen LogP contribution in [0.4, 0.5) is 10.3 Å². The van der Waals surface area contributed by atoms with Gasteiger partial charge in [-0.2, -0.15) is 0 Å². The fourth-order valence-electron chi connectivity index (χ4n) is 3.78. The van der Waals surface area contributed by atoms with Gasteiger partial charge in [0.15, 0.2) is 0 Å². The third kappa shape index (κ3) is 2.97. The lowest BCUT2D eigenvalue weighted by Crippen LogP contribution is -2.09. The summed E-state index contributed by atoms with van der Waals surface area (Å²) in [6, 6.07) is 3.14. The molecule has 29 heavy (non-hydrogen) atoms. The van der Waals surface area contributed by atoms with Crippen LogP contribution in [0.2, 0.25) is 0 Å². The molecule has 4 aromatic rings. The number of anilines is 1. The van der Waals surface area contributed by atoms with Gasteiger partial charge in [0.2, 0.25) is 5.95 Å². The fourth-order valence-corrected chi connectivity index (χ4v) is 3.78. The Morgan fingerprint density at radius 1 is 1.14 bits per heavy atom. The number of aromatic nitrogens is 5. The number of aryl methyl sites for hydroxylation is 2. The van der Waals surface area contributed by atoms with Crippen molar-refractivity contribution in [2.75, 3.05) is 11.9 Å². The molecule has 0 saturated carbocycles. The second kappa shape index (κ2) is 6.80. The maximum atomic E-state index is 14.4. The molecule has 3 aromatic heterocycles. The van der Waals surface area contributed by atoms with Crippen molar-refractivity contribution in [3.8, 4) is 16.9 Å². The van der Waals surface area contributed by atoms with E-state index in [9.17, 15) is 4.39 Å². The van der Waals surface area contributed by atoms with Gasteiger partial charge in [-0.1, -0.05) is 0 Å². The van der Waals surface area contributed by atoms with Crippen LogP contribution in [0.1, 0.15) is 22.6 Å². The molecule has 0 amide bonds. The van der Waals surface area contributed by atoms with Crippen molar-refractivity contribution in [3.05, 3.63) is 65.5 Å². The number of imidazole rings is 1. The van der Waals surface area contributed by atoms with Crippen LogP contribution >= 0.6 is 0 Å². The number of nitrogens with zero attached hydrogens (tertiary/aromatic N) is 5. The normalized spacial score (nSPS) is 12.8. The number of hydrogen-bond donors (Lipinski definition) is 1. The zero-order valence-electron chi connectivity index (χ0n) is 16.1. The lowest BCUT2D eigenvalue weighted by atomic mass is 10.0. The zero-order valence-corrected chi connectivity index (χ0v) is 16.1. The molecule has 5 rings (SSSR count). The predicted octanol–water partition coefficient (Wildman–Crippen LogP) is 3.49. The number of hydrogen-bond acceptors (Lipinski definition) is 6. The van der Waals surface area contributed by atoms with Crippen molar-refractivity contribution >= 4 is 11.5 Å². The molecular weight excluding hydrogens is 371 g/mol. The van der Waals surface area contributed by atoms with Crippen molar-refractivity contribution in [1.29, 1.82) is 0 Å². The number of benzene rings is 1. The third-order valence-corrected chi connectivity index (χ3v) is 5.21. The molecule has 7 nitrogen and oxygen atoms in total. The van der Waals surface area contributed by atoms with E-state index in [1.54, 1.807) is 31.0 Å². The SMILES string of the molecule is Cc1ncc(-c2cnc(NCc3c(F)ccc4c3CCO4)n3cncc23)c(C)n1. The highest BCUT2D eigenvalue weighted by Crippen LogP contribution is 2.31. The molecule has 0 bridgehead atoms. The van der Waals surface area contributed by atoms with Gasteiger partial charge in [0.25, 0.3) is 0 Å². The first kappa shape index (κ1) is 17.5. The highest BCUT2D eigenvalue weighted by molar-refractivity contribution is 5.81. The molecular formula is C21H19FN6O. The monoisotopic (exact) mass is 390 g/mol. The summed E-state index contributed by atoms with van der Waals surface area (Å²) in [4.78, 5) is 17.6. The van der Waals surface area contributed by atoms with E-state index in [0.29, 0.717) is 31.1 Å². The van der Waals surface area contributed by atoms with Crippen molar-refractivity contribution in [2.24, 2.45) is 0 Å². The van der Waals surface area contributed by atoms with Crippen LogP contribution in [0.5, 0.6) is 5.75 Å². The lowest BCUT2D eigenvalue weighted by Gasteiger charge is -2.13. The minimum Gasteiger partial charge on any atom is -0.493 e. The van der Waals surface area contributed by atoms with Gasteiger partial charge >= 0.3 is 0 Å². The van der Waals surface area contributed by atoms with Gasteiger partial charge in [-0.25, -0.2) is 24.3 Å². The number of ether oxygens (including phenoxy) is 1. The molecule has 4 heterocycles. The summed E-state index contributed by atoms with van der Waals surface area (Å²) < 4.78 is 21.8. The van der Waals surface area contributed by atoms with Gasteiger partial charge in [-0.3, -0.25) is 4.40 Å². The van der Waals surface area contributed by atoms with E-state index < -0.39 is 0 Å². The first-order chi connectivity index (χ1) is 14.1. The molecule has 0 radical (unpaired) electrons. The van der Waals surface area contributed by atoms with Gasteiger partial charge in [-0.15, -0.1) is 0 Å². The number of rotatable bonds is 4. The summed E-state index contributed by atoms with van der Waals surface area (Å²) >= 11 is 0. The molecule has 0 fully saturated rings. The Bertz CT molecular complexity index is 1240. The molecule has 0 atom stereocenters. The molecule has 1 aromatic carbocycles. The number of nitrogens with one attached hydrogen (secondary N) is 1. The van der Waals surface area contributed by atoms with Gasteiger partial charge < -0.3 is 10.1 Å². The number of halogens is 1. The first-order valence-electron chi connectivity index (χ1n) is 9.40. The van der Waals surface area contributed by atoms with Crippen molar-refractivity contribution in [1.82, 2.24) is 24.3 Å². The molecule has 0 aliphatic carbocycles.